The Morgan fingerprint density at radius 1 is 1.25 bits per heavy atom. The third-order valence-electron chi connectivity index (χ3n) is 3.65. The van der Waals surface area contributed by atoms with Gasteiger partial charge in [-0.05, 0) is 43.3 Å². The predicted molar refractivity (Wildman–Crippen MR) is 88.5 cm³/mol. The first-order valence-corrected chi connectivity index (χ1v) is 7.46. The number of rotatable bonds is 5. The molecule has 0 amide bonds. The second-order valence-electron chi connectivity index (χ2n) is 5.06. The molecule has 1 aromatic carbocycles. The Morgan fingerprint density at radius 2 is 2.00 bits per heavy atom. The minimum absolute atomic E-state index is 0.301. The van der Waals surface area contributed by atoms with Crippen molar-refractivity contribution in [2.45, 2.75) is 6.92 Å². The molecule has 0 spiro atoms. The summed E-state index contributed by atoms with van der Waals surface area (Å²) in [6.07, 6.45) is 2.40. The second-order valence-corrected chi connectivity index (χ2v) is 5.06. The van der Waals surface area contributed by atoms with Gasteiger partial charge in [-0.15, -0.1) is 0 Å². The molecule has 6 nitrogen and oxygen atoms in total. The van der Waals surface area contributed by atoms with Crippen LogP contribution in [0.3, 0.4) is 0 Å². The average molecular weight is 324 g/mol. The fourth-order valence-electron chi connectivity index (χ4n) is 2.48. The number of ether oxygens (including phenoxy) is 2. The number of aldehydes is 1. The first kappa shape index (κ1) is 15.7. The molecule has 0 saturated carbocycles. The Kier molecular flexibility index (Phi) is 4.29. The summed E-state index contributed by atoms with van der Waals surface area (Å²) in [7, 11) is 1.59. The summed E-state index contributed by atoms with van der Waals surface area (Å²) >= 11 is 0. The van der Waals surface area contributed by atoms with Crippen molar-refractivity contribution in [1.82, 2.24) is 9.38 Å². The number of hydrogen-bond acceptors (Lipinski definition) is 5. The van der Waals surface area contributed by atoms with Crippen molar-refractivity contribution >= 4 is 17.9 Å². The highest BCUT2D eigenvalue weighted by atomic mass is 16.5. The topological polar surface area (TPSA) is 69.9 Å². The van der Waals surface area contributed by atoms with Crippen LogP contribution >= 0.6 is 0 Å². The van der Waals surface area contributed by atoms with Crippen LogP contribution in [0, 0.1) is 0 Å². The van der Waals surface area contributed by atoms with Crippen LogP contribution in [0.15, 0.2) is 42.6 Å². The number of pyridine rings is 1. The zero-order valence-corrected chi connectivity index (χ0v) is 13.4. The molecule has 24 heavy (non-hydrogen) atoms. The molecule has 0 fully saturated rings. The van der Waals surface area contributed by atoms with Crippen LogP contribution in [-0.2, 0) is 4.74 Å². The summed E-state index contributed by atoms with van der Waals surface area (Å²) < 4.78 is 11.8. The highest BCUT2D eigenvalue weighted by molar-refractivity contribution is 5.92. The SMILES string of the molecule is CCOC(=O)c1ccn2c(C=O)c(-c3ccc(OC)cc3)nc2c1. The number of carbonyl (C=O) groups excluding carboxylic acids is 2. The number of aromatic nitrogens is 2. The number of imidazole rings is 1. The molecule has 0 aliphatic heterocycles. The number of esters is 1. The number of nitrogens with zero attached hydrogens (tertiary/aromatic N) is 2. The van der Waals surface area contributed by atoms with Gasteiger partial charge in [-0.3, -0.25) is 9.20 Å². The smallest absolute Gasteiger partial charge is 0.338 e. The lowest BCUT2D eigenvalue weighted by molar-refractivity contribution is 0.0526. The standard InChI is InChI=1S/C18H16N2O4/c1-3-24-18(22)13-8-9-20-15(11-21)17(19-16(20)10-13)12-4-6-14(23-2)7-5-12/h4-11H,3H2,1-2H3. The van der Waals surface area contributed by atoms with E-state index in [0.29, 0.717) is 29.2 Å². The van der Waals surface area contributed by atoms with E-state index in [4.69, 9.17) is 9.47 Å². The van der Waals surface area contributed by atoms with Crippen LogP contribution < -0.4 is 4.74 Å². The monoisotopic (exact) mass is 324 g/mol. The highest BCUT2D eigenvalue weighted by Gasteiger charge is 2.15. The van der Waals surface area contributed by atoms with Gasteiger partial charge in [0.1, 0.15) is 22.8 Å². The van der Waals surface area contributed by atoms with E-state index in [1.54, 1.807) is 48.9 Å². The number of benzene rings is 1. The number of carbonyl (C=O) groups is 2. The van der Waals surface area contributed by atoms with Gasteiger partial charge in [0.05, 0.1) is 19.3 Å². The van der Waals surface area contributed by atoms with Crippen LogP contribution in [0.4, 0.5) is 0 Å². The lowest BCUT2D eigenvalue weighted by atomic mass is 10.1. The molecule has 6 heteroatoms. The van der Waals surface area contributed by atoms with E-state index >= 15 is 0 Å². The minimum Gasteiger partial charge on any atom is -0.497 e. The first-order chi connectivity index (χ1) is 11.7. The van der Waals surface area contributed by atoms with Gasteiger partial charge in [-0.25, -0.2) is 9.78 Å². The summed E-state index contributed by atoms with van der Waals surface area (Å²) in [5, 5.41) is 0. The summed E-state index contributed by atoms with van der Waals surface area (Å²) in [5.41, 5.74) is 2.67. The average Bonchev–Trinajstić information content (AvgIpc) is 2.99. The molecule has 2 aromatic heterocycles. The largest absolute Gasteiger partial charge is 0.497 e. The van der Waals surface area contributed by atoms with Crippen molar-refractivity contribution in [2.24, 2.45) is 0 Å². The van der Waals surface area contributed by atoms with Gasteiger partial charge in [-0.2, -0.15) is 0 Å². The van der Waals surface area contributed by atoms with Crippen LogP contribution in [0.25, 0.3) is 16.9 Å². The molecule has 0 aliphatic rings. The molecule has 0 radical (unpaired) electrons. The molecule has 3 rings (SSSR count). The molecular formula is C18H16N2O4. The van der Waals surface area contributed by atoms with Crippen molar-refractivity contribution in [2.75, 3.05) is 13.7 Å². The molecule has 3 aromatic rings. The van der Waals surface area contributed by atoms with E-state index in [9.17, 15) is 9.59 Å². The minimum atomic E-state index is -0.415. The molecule has 2 heterocycles. The van der Waals surface area contributed by atoms with E-state index in [1.165, 1.54) is 0 Å². The summed E-state index contributed by atoms with van der Waals surface area (Å²) in [5.74, 6) is 0.307. The lowest BCUT2D eigenvalue weighted by Gasteiger charge is -2.02. The van der Waals surface area contributed by atoms with Crippen LogP contribution in [0.5, 0.6) is 5.75 Å². The number of hydrogen-bond donors (Lipinski definition) is 0. The normalized spacial score (nSPS) is 10.6. The van der Waals surface area contributed by atoms with E-state index < -0.39 is 5.97 Å². The Bertz CT molecular complexity index is 897. The van der Waals surface area contributed by atoms with E-state index in [1.807, 2.05) is 12.1 Å². The van der Waals surface area contributed by atoms with Crippen LogP contribution in [0.1, 0.15) is 27.8 Å². The maximum atomic E-state index is 11.8. The molecule has 0 saturated heterocycles. The summed E-state index contributed by atoms with van der Waals surface area (Å²) in [6, 6.07) is 10.5. The Balaban J connectivity index is 2.10. The zero-order valence-electron chi connectivity index (χ0n) is 13.4. The van der Waals surface area contributed by atoms with Crippen LogP contribution in [-0.4, -0.2) is 35.4 Å². The Labute approximate surface area is 138 Å². The molecule has 0 atom stereocenters. The molecule has 0 N–H and O–H groups in total. The summed E-state index contributed by atoms with van der Waals surface area (Å²) in [4.78, 5) is 27.9. The predicted octanol–water partition coefficient (Wildman–Crippen LogP) is 3.00. The molecule has 122 valence electrons. The maximum absolute atomic E-state index is 11.8. The highest BCUT2D eigenvalue weighted by Crippen LogP contribution is 2.26. The van der Waals surface area contributed by atoms with Gasteiger partial charge in [0.25, 0.3) is 0 Å². The van der Waals surface area contributed by atoms with E-state index in [0.717, 1.165) is 17.6 Å². The van der Waals surface area contributed by atoms with Gasteiger partial charge in [-0.1, -0.05) is 0 Å². The van der Waals surface area contributed by atoms with Gasteiger partial charge in [0, 0.05) is 11.8 Å². The quantitative estimate of drug-likeness (QED) is 0.533. The van der Waals surface area contributed by atoms with Gasteiger partial charge >= 0.3 is 5.97 Å². The fraction of sp³-hybridized carbons (Fsp3) is 0.167. The number of methoxy groups -OCH3 is 1. The zero-order chi connectivity index (χ0) is 17.1. The van der Waals surface area contributed by atoms with Gasteiger partial charge in [0.15, 0.2) is 6.29 Å². The van der Waals surface area contributed by atoms with Crippen molar-refractivity contribution in [3.05, 3.63) is 53.9 Å². The van der Waals surface area contributed by atoms with Crippen molar-refractivity contribution < 1.29 is 19.1 Å². The lowest BCUT2D eigenvalue weighted by Crippen LogP contribution is -2.05. The van der Waals surface area contributed by atoms with Crippen molar-refractivity contribution in [3.8, 4) is 17.0 Å². The molecule has 0 bridgehead atoms. The van der Waals surface area contributed by atoms with Crippen LogP contribution in [0.2, 0.25) is 0 Å². The summed E-state index contributed by atoms with van der Waals surface area (Å²) in [6.45, 7) is 2.05. The van der Waals surface area contributed by atoms with E-state index in [-0.39, 0.29) is 0 Å². The fourth-order valence-corrected chi connectivity index (χ4v) is 2.48. The van der Waals surface area contributed by atoms with E-state index in [2.05, 4.69) is 4.98 Å². The van der Waals surface area contributed by atoms with Crippen molar-refractivity contribution in [3.63, 3.8) is 0 Å². The van der Waals surface area contributed by atoms with Gasteiger partial charge < -0.3 is 9.47 Å². The third kappa shape index (κ3) is 2.74. The Hall–Kier alpha value is -3.15. The molecular weight excluding hydrogens is 308 g/mol. The third-order valence-corrected chi connectivity index (χ3v) is 3.65. The second kappa shape index (κ2) is 6.54. The van der Waals surface area contributed by atoms with Crippen molar-refractivity contribution in [1.29, 1.82) is 0 Å². The Morgan fingerprint density at radius 3 is 2.62 bits per heavy atom. The first-order valence-electron chi connectivity index (χ1n) is 7.46. The maximum Gasteiger partial charge on any atom is 0.338 e. The number of fused-ring (bicyclic) bond motifs is 1. The van der Waals surface area contributed by atoms with Gasteiger partial charge in [0.2, 0.25) is 0 Å². The molecule has 0 unspecified atom stereocenters. The molecule has 0 aliphatic carbocycles.